The predicted octanol–water partition coefficient (Wildman–Crippen LogP) is 1.42. The summed E-state index contributed by atoms with van der Waals surface area (Å²) >= 11 is 1.78. The van der Waals surface area contributed by atoms with Crippen LogP contribution >= 0.6 is 11.3 Å². The third-order valence-electron chi connectivity index (χ3n) is 4.49. The molecule has 130 valence electrons. The van der Waals surface area contributed by atoms with Crippen molar-refractivity contribution in [3.63, 3.8) is 0 Å². The molecule has 6 heteroatoms. The third-order valence-corrected chi connectivity index (χ3v) is 5.35. The molecular formula is C17H28N2O3S. The van der Waals surface area contributed by atoms with Gasteiger partial charge < -0.3 is 14.6 Å². The van der Waals surface area contributed by atoms with E-state index in [1.165, 1.54) is 4.88 Å². The van der Waals surface area contributed by atoms with Crippen molar-refractivity contribution in [2.24, 2.45) is 0 Å². The molecule has 0 bridgehead atoms. The van der Waals surface area contributed by atoms with Crippen LogP contribution < -0.4 is 0 Å². The molecule has 1 aromatic heterocycles. The lowest BCUT2D eigenvalue weighted by molar-refractivity contribution is 0.0000304. The van der Waals surface area contributed by atoms with Crippen LogP contribution in [0, 0.1) is 0 Å². The highest BCUT2D eigenvalue weighted by Crippen LogP contribution is 2.17. The first-order valence-corrected chi connectivity index (χ1v) is 9.52. The Balaban J connectivity index is 1.50. The number of nitrogens with zero attached hydrogens (tertiary/aromatic N) is 2. The summed E-state index contributed by atoms with van der Waals surface area (Å²) in [5.74, 6) is 0. The number of hydrogen-bond acceptors (Lipinski definition) is 6. The summed E-state index contributed by atoms with van der Waals surface area (Å²) in [4.78, 5) is 6.00. The maximum atomic E-state index is 10.5. The molecule has 0 aromatic carbocycles. The maximum absolute atomic E-state index is 10.5. The number of rotatable bonds is 8. The molecule has 3 rings (SSSR count). The number of aliphatic hydroxyl groups is 1. The average Bonchev–Trinajstić information content (AvgIpc) is 3.22. The standard InChI is InChI=1S/C17H28N2O3S/c20-15(11-18-5-8-21-9-6-18)12-19(13-16-3-1-7-22-16)14-17-4-2-10-23-17/h2,4,10,15-16,20H,1,3,5-9,11-14H2. The van der Waals surface area contributed by atoms with E-state index in [4.69, 9.17) is 9.47 Å². The molecule has 2 aliphatic heterocycles. The van der Waals surface area contributed by atoms with E-state index in [0.29, 0.717) is 12.6 Å². The number of thiophene rings is 1. The summed E-state index contributed by atoms with van der Waals surface area (Å²) in [7, 11) is 0. The minimum atomic E-state index is -0.325. The second-order valence-corrected chi connectivity index (χ2v) is 7.51. The Morgan fingerprint density at radius 1 is 1.35 bits per heavy atom. The van der Waals surface area contributed by atoms with Crippen LogP contribution in [0.25, 0.3) is 0 Å². The molecule has 0 amide bonds. The van der Waals surface area contributed by atoms with E-state index in [2.05, 4.69) is 27.3 Å². The minimum Gasteiger partial charge on any atom is -0.390 e. The van der Waals surface area contributed by atoms with E-state index >= 15 is 0 Å². The Kier molecular flexibility index (Phi) is 6.86. The predicted molar refractivity (Wildman–Crippen MR) is 91.8 cm³/mol. The first-order chi connectivity index (χ1) is 11.3. The van der Waals surface area contributed by atoms with Gasteiger partial charge in [-0.05, 0) is 24.3 Å². The van der Waals surface area contributed by atoms with E-state index in [0.717, 1.165) is 65.4 Å². The average molecular weight is 340 g/mol. The molecule has 1 N–H and O–H groups in total. The fourth-order valence-electron chi connectivity index (χ4n) is 3.34. The van der Waals surface area contributed by atoms with Crippen molar-refractivity contribution < 1.29 is 14.6 Å². The molecule has 3 heterocycles. The van der Waals surface area contributed by atoms with Crippen LogP contribution in [0.15, 0.2) is 17.5 Å². The highest BCUT2D eigenvalue weighted by molar-refractivity contribution is 7.09. The van der Waals surface area contributed by atoms with Gasteiger partial charge in [0.15, 0.2) is 0 Å². The molecule has 1 aromatic rings. The van der Waals surface area contributed by atoms with Crippen molar-refractivity contribution in [2.75, 3.05) is 52.5 Å². The molecule has 0 aliphatic carbocycles. The number of morpholine rings is 1. The molecule has 5 nitrogen and oxygen atoms in total. The highest BCUT2D eigenvalue weighted by atomic mass is 32.1. The quantitative estimate of drug-likeness (QED) is 0.775. The van der Waals surface area contributed by atoms with Crippen LogP contribution in [-0.2, 0) is 16.0 Å². The van der Waals surface area contributed by atoms with Crippen LogP contribution in [0.5, 0.6) is 0 Å². The topological polar surface area (TPSA) is 45.2 Å². The number of aliphatic hydroxyl groups excluding tert-OH is 1. The molecule has 0 radical (unpaired) electrons. The van der Waals surface area contributed by atoms with Crippen molar-refractivity contribution >= 4 is 11.3 Å². The van der Waals surface area contributed by atoms with E-state index < -0.39 is 0 Å². The lowest BCUT2D eigenvalue weighted by atomic mass is 10.2. The normalized spacial score (nSPS) is 24.3. The van der Waals surface area contributed by atoms with Gasteiger partial charge in [-0.25, -0.2) is 0 Å². The van der Waals surface area contributed by atoms with Crippen LogP contribution in [0.3, 0.4) is 0 Å². The third kappa shape index (κ3) is 5.81. The number of hydrogen-bond donors (Lipinski definition) is 1. The van der Waals surface area contributed by atoms with E-state index in [-0.39, 0.29) is 6.10 Å². The zero-order valence-corrected chi connectivity index (χ0v) is 14.5. The molecule has 2 atom stereocenters. The minimum absolute atomic E-state index is 0.325. The Hall–Kier alpha value is -0.500. The van der Waals surface area contributed by atoms with Crippen molar-refractivity contribution in [1.29, 1.82) is 0 Å². The summed E-state index contributed by atoms with van der Waals surface area (Å²) < 4.78 is 11.2. The van der Waals surface area contributed by atoms with Gasteiger partial charge in [-0.2, -0.15) is 0 Å². The first kappa shape index (κ1) is 17.3. The molecule has 2 fully saturated rings. The largest absolute Gasteiger partial charge is 0.390 e. The fraction of sp³-hybridized carbons (Fsp3) is 0.765. The van der Waals surface area contributed by atoms with Gasteiger partial charge in [0.2, 0.25) is 0 Å². The molecule has 23 heavy (non-hydrogen) atoms. The van der Waals surface area contributed by atoms with Gasteiger partial charge in [-0.1, -0.05) is 6.07 Å². The van der Waals surface area contributed by atoms with Crippen molar-refractivity contribution in [1.82, 2.24) is 9.80 Å². The Morgan fingerprint density at radius 3 is 2.91 bits per heavy atom. The van der Waals surface area contributed by atoms with Crippen molar-refractivity contribution in [3.05, 3.63) is 22.4 Å². The van der Waals surface area contributed by atoms with Gasteiger partial charge in [0.25, 0.3) is 0 Å². The lowest BCUT2D eigenvalue weighted by Crippen LogP contribution is -2.45. The first-order valence-electron chi connectivity index (χ1n) is 8.64. The second-order valence-electron chi connectivity index (χ2n) is 6.48. The van der Waals surface area contributed by atoms with Crippen molar-refractivity contribution in [2.45, 2.75) is 31.6 Å². The zero-order chi connectivity index (χ0) is 15.9. The van der Waals surface area contributed by atoms with Gasteiger partial charge in [-0.3, -0.25) is 9.80 Å². The van der Waals surface area contributed by atoms with Gasteiger partial charge >= 0.3 is 0 Å². The fourth-order valence-corrected chi connectivity index (χ4v) is 4.09. The second kappa shape index (κ2) is 9.11. The van der Waals surface area contributed by atoms with Gasteiger partial charge in [0, 0.05) is 50.8 Å². The van der Waals surface area contributed by atoms with E-state index in [9.17, 15) is 5.11 Å². The Labute approximate surface area is 142 Å². The van der Waals surface area contributed by atoms with Gasteiger partial charge in [0.05, 0.1) is 25.4 Å². The van der Waals surface area contributed by atoms with E-state index in [1.807, 2.05) is 0 Å². The highest BCUT2D eigenvalue weighted by Gasteiger charge is 2.23. The van der Waals surface area contributed by atoms with Crippen LogP contribution in [0.4, 0.5) is 0 Å². The Bertz CT molecular complexity index is 431. The molecule has 0 saturated carbocycles. The van der Waals surface area contributed by atoms with Crippen LogP contribution in [-0.4, -0.2) is 79.7 Å². The Morgan fingerprint density at radius 2 is 2.22 bits per heavy atom. The number of ether oxygens (including phenoxy) is 2. The summed E-state index contributed by atoms with van der Waals surface area (Å²) in [6, 6.07) is 4.26. The SMILES string of the molecule is OC(CN1CCOCC1)CN(Cc1cccs1)CC1CCCO1. The van der Waals surface area contributed by atoms with Crippen molar-refractivity contribution in [3.8, 4) is 0 Å². The summed E-state index contributed by atoms with van der Waals surface area (Å²) in [6.07, 6.45) is 2.30. The summed E-state index contributed by atoms with van der Waals surface area (Å²) in [6.45, 7) is 7.54. The monoisotopic (exact) mass is 340 g/mol. The summed E-state index contributed by atoms with van der Waals surface area (Å²) in [5, 5.41) is 12.6. The van der Waals surface area contributed by atoms with Crippen LogP contribution in [0.2, 0.25) is 0 Å². The maximum Gasteiger partial charge on any atom is 0.0793 e. The molecule has 2 unspecified atom stereocenters. The molecule has 2 aliphatic rings. The van der Waals surface area contributed by atoms with Gasteiger partial charge in [-0.15, -0.1) is 11.3 Å². The molecule has 0 spiro atoms. The smallest absolute Gasteiger partial charge is 0.0793 e. The van der Waals surface area contributed by atoms with E-state index in [1.54, 1.807) is 11.3 Å². The molecular weight excluding hydrogens is 312 g/mol. The lowest BCUT2D eigenvalue weighted by Gasteiger charge is -2.31. The molecule has 2 saturated heterocycles. The number of β-amino-alcohol motifs (C(OH)–C–C–N with tert-alkyl or cyclic N) is 1. The summed E-state index contributed by atoms with van der Waals surface area (Å²) in [5.41, 5.74) is 0. The zero-order valence-electron chi connectivity index (χ0n) is 13.7. The van der Waals surface area contributed by atoms with Gasteiger partial charge in [0.1, 0.15) is 0 Å². The van der Waals surface area contributed by atoms with Crippen LogP contribution in [0.1, 0.15) is 17.7 Å².